The smallest absolute Gasteiger partial charge is 0.260 e. The molecule has 1 amide bonds. The summed E-state index contributed by atoms with van der Waals surface area (Å²) in [5, 5.41) is 0.614. The van der Waals surface area contributed by atoms with Gasteiger partial charge in [0.1, 0.15) is 0 Å². The summed E-state index contributed by atoms with van der Waals surface area (Å²) in [7, 11) is -2.01. The Labute approximate surface area is 217 Å². The van der Waals surface area contributed by atoms with Crippen LogP contribution >= 0.6 is 11.3 Å². The molecular formula is C28H31N3O3S2. The maximum Gasteiger partial charge on any atom is 0.260 e. The summed E-state index contributed by atoms with van der Waals surface area (Å²) >= 11 is 1.49. The number of rotatable bonds is 10. The summed E-state index contributed by atoms with van der Waals surface area (Å²) in [4.78, 5) is 20.3. The van der Waals surface area contributed by atoms with Gasteiger partial charge in [0, 0.05) is 19.2 Å². The average molecular weight is 522 g/mol. The number of thiazole rings is 1. The van der Waals surface area contributed by atoms with Crippen molar-refractivity contribution >= 4 is 42.6 Å². The largest absolute Gasteiger partial charge is 0.279 e. The first-order valence-electron chi connectivity index (χ1n) is 12.1. The number of aromatic nitrogens is 1. The van der Waals surface area contributed by atoms with Crippen LogP contribution in [0.25, 0.3) is 10.2 Å². The molecule has 0 unspecified atom stereocenters. The summed E-state index contributed by atoms with van der Waals surface area (Å²) in [5.41, 5.74) is 3.47. The Bertz CT molecular complexity index is 1430. The lowest BCUT2D eigenvalue weighted by atomic mass is 10.1. The number of nitrogens with zero attached hydrogens (tertiary/aromatic N) is 3. The van der Waals surface area contributed by atoms with Gasteiger partial charge in [-0.25, -0.2) is 17.7 Å². The molecule has 36 heavy (non-hydrogen) atoms. The second-order valence-electron chi connectivity index (χ2n) is 8.73. The molecular weight excluding hydrogens is 490 g/mol. The number of anilines is 1. The predicted molar refractivity (Wildman–Crippen MR) is 147 cm³/mol. The highest BCUT2D eigenvalue weighted by Gasteiger charge is 2.24. The topological polar surface area (TPSA) is 70.6 Å². The second-order valence-corrected chi connectivity index (χ2v) is 11.8. The highest BCUT2D eigenvalue weighted by molar-refractivity contribution is 7.89. The van der Waals surface area contributed by atoms with E-state index in [9.17, 15) is 13.2 Å². The number of hydrogen-bond acceptors (Lipinski definition) is 5. The van der Waals surface area contributed by atoms with Gasteiger partial charge in [0.2, 0.25) is 10.0 Å². The molecule has 0 spiro atoms. The molecule has 6 nitrogen and oxygen atoms in total. The van der Waals surface area contributed by atoms with E-state index in [0.29, 0.717) is 23.8 Å². The Hall–Kier alpha value is -3.07. The Kier molecular flexibility index (Phi) is 8.18. The van der Waals surface area contributed by atoms with Crippen molar-refractivity contribution in [3.05, 3.63) is 89.5 Å². The van der Waals surface area contributed by atoms with Gasteiger partial charge in [-0.2, -0.15) is 0 Å². The number of carbonyl (C=O) groups is 1. The number of aryl methyl sites for hydroxylation is 1. The molecule has 0 saturated carbocycles. The van der Waals surface area contributed by atoms with E-state index in [1.54, 1.807) is 24.1 Å². The van der Waals surface area contributed by atoms with Crippen LogP contribution in [-0.4, -0.2) is 37.2 Å². The number of carbonyl (C=O) groups excluding carboxylic acids is 1. The fourth-order valence-corrected chi connectivity index (χ4v) is 6.13. The maximum atomic E-state index is 13.7. The minimum atomic E-state index is -3.60. The van der Waals surface area contributed by atoms with Gasteiger partial charge in [-0.3, -0.25) is 9.69 Å². The molecule has 1 heterocycles. The highest BCUT2D eigenvalue weighted by atomic mass is 32.2. The van der Waals surface area contributed by atoms with Crippen LogP contribution in [0, 0.1) is 0 Å². The zero-order chi connectivity index (χ0) is 25.7. The predicted octanol–water partition coefficient (Wildman–Crippen LogP) is 6.13. The third-order valence-corrected chi connectivity index (χ3v) is 9.06. The van der Waals surface area contributed by atoms with Gasteiger partial charge in [-0.05, 0) is 60.4 Å². The van der Waals surface area contributed by atoms with Crippen LogP contribution in [0.15, 0.2) is 77.7 Å². The van der Waals surface area contributed by atoms with E-state index in [-0.39, 0.29) is 10.8 Å². The molecule has 188 valence electrons. The molecule has 0 atom stereocenters. The van der Waals surface area contributed by atoms with Crippen molar-refractivity contribution in [3.8, 4) is 0 Å². The van der Waals surface area contributed by atoms with Gasteiger partial charge in [-0.1, -0.05) is 68.0 Å². The SMILES string of the molecule is CCCCN(C)S(=O)(=O)c1ccc(C(=O)N(Cc2ccccc2)c2nc3ccc(CC)cc3s2)cc1. The fraction of sp³-hybridized carbons (Fsp3) is 0.286. The van der Waals surface area contributed by atoms with Crippen LogP contribution < -0.4 is 4.90 Å². The lowest BCUT2D eigenvalue weighted by Crippen LogP contribution is -2.30. The van der Waals surface area contributed by atoms with Crippen LogP contribution in [0.3, 0.4) is 0 Å². The number of unbranched alkanes of at least 4 members (excludes halogenated alkanes) is 1. The molecule has 8 heteroatoms. The average Bonchev–Trinajstić information content (AvgIpc) is 3.33. The Balaban J connectivity index is 1.66. The lowest BCUT2D eigenvalue weighted by molar-refractivity contribution is 0.0985. The molecule has 4 rings (SSSR count). The van der Waals surface area contributed by atoms with Crippen molar-refractivity contribution in [1.29, 1.82) is 0 Å². The first-order chi connectivity index (χ1) is 17.3. The van der Waals surface area contributed by atoms with Crippen molar-refractivity contribution in [2.24, 2.45) is 0 Å². The first kappa shape index (κ1) is 26.0. The number of benzene rings is 3. The number of fused-ring (bicyclic) bond motifs is 1. The Morgan fingerprint density at radius 1 is 0.944 bits per heavy atom. The number of sulfonamides is 1. The molecule has 0 N–H and O–H groups in total. The zero-order valence-electron chi connectivity index (χ0n) is 20.8. The molecule has 4 aromatic rings. The van der Waals surface area contributed by atoms with Crippen molar-refractivity contribution in [1.82, 2.24) is 9.29 Å². The number of hydrogen-bond donors (Lipinski definition) is 0. The van der Waals surface area contributed by atoms with Gasteiger partial charge in [-0.15, -0.1) is 0 Å². The minimum absolute atomic E-state index is 0.180. The van der Waals surface area contributed by atoms with E-state index in [1.807, 2.05) is 43.3 Å². The van der Waals surface area contributed by atoms with Crippen molar-refractivity contribution in [2.75, 3.05) is 18.5 Å². The fourth-order valence-electron chi connectivity index (χ4n) is 3.89. The summed E-state index contributed by atoms with van der Waals surface area (Å²) in [6.07, 6.45) is 2.64. The van der Waals surface area contributed by atoms with Crippen molar-refractivity contribution in [2.45, 2.75) is 44.6 Å². The van der Waals surface area contributed by atoms with Crippen LogP contribution in [0.1, 0.15) is 48.2 Å². The molecule has 0 aliphatic carbocycles. The van der Waals surface area contributed by atoms with E-state index >= 15 is 0 Å². The third-order valence-electron chi connectivity index (χ3n) is 6.15. The van der Waals surface area contributed by atoms with Gasteiger partial charge in [0.15, 0.2) is 5.13 Å². The van der Waals surface area contributed by atoms with Gasteiger partial charge >= 0.3 is 0 Å². The van der Waals surface area contributed by atoms with E-state index in [4.69, 9.17) is 4.98 Å². The van der Waals surface area contributed by atoms with E-state index in [1.165, 1.54) is 33.3 Å². The monoisotopic (exact) mass is 521 g/mol. The summed E-state index contributed by atoms with van der Waals surface area (Å²) in [5.74, 6) is -0.225. The van der Waals surface area contributed by atoms with E-state index < -0.39 is 10.0 Å². The van der Waals surface area contributed by atoms with Crippen LogP contribution in [-0.2, 0) is 23.0 Å². The van der Waals surface area contributed by atoms with Crippen LogP contribution in [0.5, 0.6) is 0 Å². The molecule has 0 bridgehead atoms. The molecule has 0 saturated heterocycles. The minimum Gasteiger partial charge on any atom is -0.279 e. The zero-order valence-corrected chi connectivity index (χ0v) is 22.5. The van der Waals surface area contributed by atoms with Gasteiger partial charge in [0.05, 0.1) is 21.7 Å². The molecule has 0 fully saturated rings. The lowest BCUT2D eigenvalue weighted by Gasteiger charge is -2.21. The van der Waals surface area contributed by atoms with Crippen molar-refractivity contribution in [3.63, 3.8) is 0 Å². The maximum absolute atomic E-state index is 13.7. The third kappa shape index (κ3) is 5.67. The second kappa shape index (κ2) is 11.3. The standard InChI is InChI=1S/C28H31N3O3S2/c1-4-6-18-30(3)36(33,34)24-15-13-23(14-16-24)27(32)31(20-22-10-8-7-9-11-22)28-29-25-17-12-21(5-2)19-26(25)35-28/h7-17,19H,4-6,18,20H2,1-3H3. The van der Waals surface area contributed by atoms with Crippen LogP contribution in [0.4, 0.5) is 5.13 Å². The van der Waals surface area contributed by atoms with Gasteiger partial charge in [0.25, 0.3) is 5.91 Å². The van der Waals surface area contributed by atoms with Crippen LogP contribution in [0.2, 0.25) is 0 Å². The molecule has 1 aromatic heterocycles. The quantitative estimate of drug-likeness (QED) is 0.252. The Morgan fingerprint density at radius 2 is 1.67 bits per heavy atom. The highest BCUT2D eigenvalue weighted by Crippen LogP contribution is 2.32. The van der Waals surface area contributed by atoms with Gasteiger partial charge < -0.3 is 0 Å². The Morgan fingerprint density at radius 3 is 2.33 bits per heavy atom. The number of amides is 1. The molecule has 0 radical (unpaired) electrons. The molecule has 3 aromatic carbocycles. The molecule has 0 aliphatic rings. The normalized spacial score (nSPS) is 11.8. The van der Waals surface area contributed by atoms with Crippen molar-refractivity contribution < 1.29 is 13.2 Å². The summed E-state index contributed by atoms with van der Waals surface area (Å²) < 4.78 is 28.2. The molecule has 0 aliphatic heterocycles. The van der Waals surface area contributed by atoms with E-state index in [0.717, 1.165) is 35.0 Å². The van der Waals surface area contributed by atoms with E-state index in [2.05, 4.69) is 19.1 Å². The summed E-state index contributed by atoms with van der Waals surface area (Å²) in [6, 6.07) is 22.2. The summed E-state index contributed by atoms with van der Waals surface area (Å²) in [6.45, 7) is 4.96. The first-order valence-corrected chi connectivity index (χ1v) is 14.4.